The van der Waals surface area contributed by atoms with Crippen molar-refractivity contribution < 1.29 is 14.3 Å². The smallest absolute Gasteiger partial charge is 0.262 e. The van der Waals surface area contributed by atoms with E-state index in [0.29, 0.717) is 17.9 Å². The number of carbonyl (C=O) groups excluding carboxylic acids is 2. The van der Waals surface area contributed by atoms with E-state index < -0.39 is 0 Å². The van der Waals surface area contributed by atoms with Gasteiger partial charge in [0.2, 0.25) is 5.91 Å². The molecule has 3 rings (SSSR count). The zero-order valence-corrected chi connectivity index (χ0v) is 17.5. The van der Waals surface area contributed by atoms with Crippen LogP contribution in [0.5, 0.6) is 5.75 Å². The number of likely N-dealkylation sites (N-methyl/N-ethyl adjacent to an activating group) is 1. The SMILES string of the molecule is CCC(=O)N(C)CC(=O)N1N=C(c2cccc(OC)c2)CC1c1ccccc1Cl. The Labute approximate surface area is 175 Å². The summed E-state index contributed by atoms with van der Waals surface area (Å²) in [7, 11) is 3.23. The summed E-state index contributed by atoms with van der Waals surface area (Å²) in [4.78, 5) is 26.4. The Morgan fingerprint density at radius 2 is 2.00 bits per heavy atom. The minimum Gasteiger partial charge on any atom is -0.497 e. The number of methoxy groups -OCH3 is 1. The van der Waals surface area contributed by atoms with Crippen molar-refractivity contribution in [1.82, 2.24) is 9.91 Å². The van der Waals surface area contributed by atoms with Crippen LogP contribution >= 0.6 is 11.6 Å². The zero-order chi connectivity index (χ0) is 21.0. The van der Waals surface area contributed by atoms with E-state index >= 15 is 0 Å². The van der Waals surface area contributed by atoms with Crippen molar-refractivity contribution in [2.24, 2.45) is 5.10 Å². The van der Waals surface area contributed by atoms with E-state index in [1.165, 1.54) is 9.91 Å². The minimum atomic E-state index is -0.331. The second-order valence-electron chi connectivity index (χ2n) is 6.86. The minimum absolute atomic E-state index is 0.0392. The summed E-state index contributed by atoms with van der Waals surface area (Å²) in [5.74, 6) is 0.374. The summed E-state index contributed by atoms with van der Waals surface area (Å²) in [5.41, 5.74) is 2.48. The van der Waals surface area contributed by atoms with E-state index in [1.54, 1.807) is 27.1 Å². The number of halogens is 1. The first-order valence-electron chi connectivity index (χ1n) is 9.47. The number of ether oxygens (including phenoxy) is 1. The molecule has 1 aliphatic heterocycles. The average Bonchev–Trinajstić information content (AvgIpc) is 3.18. The Bertz CT molecular complexity index is 944. The summed E-state index contributed by atoms with van der Waals surface area (Å²) >= 11 is 6.42. The van der Waals surface area contributed by atoms with Gasteiger partial charge in [0.1, 0.15) is 12.3 Å². The lowest BCUT2D eigenvalue weighted by molar-refractivity contribution is -0.140. The molecule has 0 spiro atoms. The first-order chi connectivity index (χ1) is 13.9. The maximum absolute atomic E-state index is 13.0. The zero-order valence-electron chi connectivity index (χ0n) is 16.8. The van der Waals surface area contributed by atoms with E-state index in [9.17, 15) is 9.59 Å². The summed E-state index contributed by atoms with van der Waals surface area (Å²) in [6.45, 7) is 1.73. The van der Waals surface area contributed by atoms with Gasteiger partial charge in [-0.1, -0.05) is 48.9 Å². The Hall–Kier alpha value is -2.86. The fourth-order valence-electron chi connectivity index (χ4n) is 3.34. The van der Waals surface area contributed by atoms with Gasteiger partial charge in [0.15, 0.2) is 0 Å². The maximum Gasteiger partial charge on any atom is 0.262 e. The molecule has 0 saturated heterocycles. The Morgan fingerprint density at radius 1 is 1.24 bits per heavy atom. The number of hydrazone groups is 1. The molecule has 1 heterocycles. The molecule has 7 heteroatoms. The van der Waals surface area contributed by atoms with E-state index in [1.807, 2.05) is 42.5 Å². The number of hydrogen-bond donors (Lipinski definition) is 0. The number of benzene rings is 2. The molecule has 6 nitrogen and oxygen atoms in total. The van der Waals surface area contributed by atoms with Crippen molar-refractivity contribution in [2.75, 3.05) is 20.7 Å². The molecule has 152 valence electrons. The van der Waals surface area contributed by atoms with Crippen LogP contribution in [0.15, 0.2) is 53.6 Å². The van der Waals surface area contributed by atoms with Crippen molar-refractivity contribution >= 4 is 29.1 Å². The average molecular weight is 414 g/mol. The third-order valence-corrected chi connectivity index (χ3v) is 5.28. The molecule has 1 aliphatic rings. The molecule has 29 heavy (non-hydrogen) atoms. The Morgan fingerprint density at radius 3 is 2.69 bits per heavy atom. The van der Waals surface area contributed by atoms with Gasteiger partial charge in [0, 0.05) is 30.5 Å². The molecule has 0 N–H and O–H groups in total. The monoisotopic (exact) mass is 413 g/mol. The molecule has 0 bridgehead atoms. The van der Waals surface area contributed by atoms with Crippen LogP contribution in [0, 0.1) is 0 Å². The normalized spacial score (nSPS) is 15.8. The molecule has 0 aliphatic carbocycles. The molecule has 1 unspecified atom stereocenters. The topological polar surface area (TPSA) is 62.2 Å². The van der Waals surface area contributed by atoms with Gasteiger partial charge < -0.3 is 9.64 Å². The van der Waals surface area contributed by atoms with E-state index in [0.717, 1.165) is 22.6 Å². The van der Waals surface area contributed by atoms with Crippen LogP contribution in [0.3, 0.4) is 0 Å². The highest BCUT2D eigenvalue weighted by molar-refractivity contribution is 6.31. The number of nitrogens with zero attached hydrogens (tertiary/aromatic N) is 3. The maximum atomic E-state index is 13.0. The Balaban J connectivity index is 1.94. The van der Waals surface area contributed by atoms with Gasteiger partial charge in [-0.2, -0.15) is 5.10 Å². The predicted molar refractivity (Wildman–Crippen MR) is 113 cm³/mol. The van der Waals surface area contributed by atoms with Gasteiger partial charge in [0.25, 0.3) is 5.91 Å². The van der Waals surface area contributed by atoms with Crippen LogP contribution in [0.1, 0.15) is 36.9 Å². The summed E-state index contributed by atoms with van der Waals surface area (Å²) in [6.07, 6.45) is 0.865. The Kier molecular flexibility index (Phi) is 6.54. The van der Waals surface area contributed by atoms with E-state index in [4.69, 9.17) is 16.3 Å². The van der Waals surface area contributed by atoms with Crippen LogP contribution in [0.2, 0.25) is 5.02 Å². The quantitative estimate of drug-likeness (QED) is 0.721. The van der Waals surface area contributed by atoms with Crippen molar-refractivity contribution in [1.29, 1.82) is 0 Å². The third kappa shape index (κ3) is 4.59. The van der Waals surface area contributed by atoms with Gasteiger partial charge >= 0.3 is 0 Å². The van der Waals surface area contributed by atoms with Gasteiger partial charge in [-0.05, 0) is 23.8 Å². The van der Waals surface area contributed by atoms with Crippen LogP contribution in [-0.2, 0) is 9.59 Å². The largest absolute Gasteiger partial charge is 0.497 e. The van der Waals surface area contributed by atoms with E-state index in [2.05, 4.69) is 5.10 Å². The van der Waals surface area contributed by atoms with Crippen molar-refractivity contribution in [2.45, 2.75) is 25.8 Å². The van der Waals surface area contributed by atoms with Gasteiger partial charge in [0.05, 0.1) is 18.9 Å². The lowest BCUT2D eigenvalue weighted by atomic mass is 9.98. The van der Waals surface area contributed by atoms with Crippen molar-refractivity contribution in [3.8, 4) is 5.75 Å². The molecule has 2 aromatic rings. The fourth-order valence-corrected chi connectivity index (χ4v) is 3.60. The lowest BCUT2D eigenvalue weighted by Crippen LogP contribution is -2.39. The lowest BCUT2D eigenvalue weighted by Gasteiger charge is -2.25. The van der Waals surface area contributed by atoms with Crippen LogP contribution in [-0.4, -0.2) is 48.1 Å². The molecular weight excluding hydrogens is 390 g/mol. The molecule has 0 radical (unpaired) electrons. The van der Waals surface area contributed by atoms with Gasteiger partial charge in [-0.3, -0.25) is 9.59 Å². The summed E-state index contributed by atoms with van der Waals surface area (Å²) in [6, 6.07) is 14.7. The molecule has 1 atom stereocenters. The molecule has 2 aromatic carbocycles. The fraction of sp³-hybridized carbons (Fsp3) is 0.318. The summed E-state index contributed by atoms with van der Waals surface area (Å²) < 4.78 is 5.31. The van der Waals surface area contributed by atoms with Gasteiger partial charge in [-0.15, -0.1) is 0 Å². The number of rotatable bonds is 6. The van der Waals surface area contributed by atoms with Crippen LogP contribution < -0.4 is 4.74 Å². The number of amides is 2. The summed E-state index contributed by atoms with van der Waals surface area (Å²) in [5, 5.41) is 6.65. The van der Waals surface area contributed by atoms with Crippen LogP contribution in [0.4, 0.5) is 0 Å². The molecular formula is C22H24ClN3O3. The molecule has 0 aromatic heterocycles. The van der Waals surface area contributed by atoms with Crippen molar-refractivity contribution in [3.63, 3.8) is 0 Å². The second-order valence-corrected chi connectivity index (χ2v) is 7.27. The second kappa shape index (κ2) is 9.09. The number of hydrogen-bond acceptors (Lipinski definition) is 4. The number of carbonyl (C=O) groups is 2. The molecule has 0 fully saturated rings. The third-order valence-electron chi connectivity index (χ3n) is 4.93. The highest BCUT2D eigenvalue weighted by Crippen LogP contribution is 2.36. The van der Waals surface area contributed by atoms with Crippen LogP contribution in [0.25, 0.3) is 0 Å². The molecule has 2 amide bonds. The molecule has 0 saturated carbocycles. The van der Waals surface area contributed by atoms with Crippen molar-refractivity contribution in [3.05, 3.63) is 64.7 Å². The van der Waals surface area contributed by atoms with Gasteiger partial charge in [-0.25, -0.2) is 5.01 Å². The highest BCUT2D eigenvalue weighted by atomic mass is 35.5. The highest BCUT2D eigenvalue weighted by Gasteiger charge is 2.34. The van der Waals surface area contributed by atoms with E-state index in [-0.39, 0.29) is 24.4 Å². The standard InChI is InChI=1S/C22H24ClN3O3/c1-4-21(27)25(2)14-22(28)26-20(17-10-5-6-11-18(17)23)13-19(24-26)15-8-7-9-16(12-15)29-3/h5-12,20H,4,13-14H2,1-3H3. The first-order valence-corrected chi connectivity index (χ1v) is 9.84. The predicted octanol–water partition coefficient (Wildman–Crippen LogP) is 3.89. The first kappa shape index (κ1) is 20.9.